The molecule has 44 heavy (non-hydrogen) atoms. The highest BCUT2D eigenvalue weighted by atomic mass is 16.5. The Hall–Kier alpha value is -5.62. The van der Waals surface area contributed by atoms with Gasteiger partial charge < -0.3 is 19.7 Å². The smallest absolute Gasteiger partial charge is 0.153 e. The van der Waals surface area contributed by atoms with Crippen molar-refractivity contribution in [2.75, 3.05) is 13.2 Å². The van der Waals surface area contributed by atoms with Gasteiger partial charge in [0.2, 0.25) is 0 Å². The van der Waals surface area contributed by atoms with Crippen molar-refractivity contribution >= 4 is 34.1 Å². The molecule has 0 amide bonds. The number of carbonyl (C=O) groups excluding carboxylic acids is 2. The SMILES string of the molecule is CCOc1ccc(-c2ccc3c(-c4c(O)c(C=O)cc5cc(-c6ccc(OCC)cc6)ccc45)c(O)c(C=O)cc3c2)cc1. The lowest BCUT2D eigenvalue weighted by molar-refractivity contribution is 0.111. The van der Waals surface area contributed by atoms with Crippen molar-refractivity contribution in [1.29, 1.82) is 0 Å². The van der Waals surface area contributed by atoms with E-state index < -0.39 is 0 Å². The summed E-state index contributed by atoms with van der Waals surface area (Å²) in [5.41, 5.74) is 4.43. The van der Waals surface area contributed by atoms with Gasteiger partial charge in [0.05, 0.1) is 24.3 Å². The van der Waals surface area contributed by atoms with Crippen LogP contribution >= 0.6 is 0 Å². The van der Waals surface area contributed by atoms with Gasteiger partial charge in [-0.15, -0.1) is 0 Å². The van der Waals surface area contributed by atoms with Crippen molar-refractivity contribution < 1.29 is 29.3 Å². The molecule has 0 spiro atoms. The first kappa shape index (κ1) is 28.5. The minimum Gasteiger partial charge on any atom is -0.507 e. The van der Waals surface area contributed by atoms with Crippen LogP contribution in [0.15, 0.2) is 97.1 Å². The van der Waals surface area contributed by atoms with Crippen LogP contribution in [0.25, 0.3) is 54.9 Å². The average molecular weight is 583 g/mol. The van der Waals surface area contributed by atoms with Crippen molar-refractivity contribution in [3.8, 4) is 56.4 Å². The molecule has 0 fully saturated rings. The minimum atomic E-state index is -0.267. The van der Waals surface area contributed by atoms with E-state index in [4.69, 9.17) is 9.47 Å². The molecule has 0 radical (unpaired) electrons. The fourth-order valence-corrected chi connectivity index (χ4v) is 5.70. The number of hydrogen-bond donors (Lipinski definition) is 2. The zero-order valence-electron chi connectivity index (χ0n) is 24.3. The summed E-state index contributed by atoms with van der Waals surface area (Å²) < 4.78 is 11.1. The third-order valence-electron chi connectivity index (χ3n) is 7.79. The molecule has 0 aromatic heterocycles. The zero-order valence-corrected chi connectivity index (χ0v) is 24.3. The molecule has 0 aliphatic carbocycles. The van der Waals surface area contributed by atoms with E-state index >= 15 is 0 Å². The van der Waals surface area contributed by atoms with Crippen LogP contribution in [0.3, 0.4) is 0 Å². The molecular formula is C38H30O6. The minimum absolute atomic E-state index is 0.0754. The maximum atomic E-state index is 12.1. The van der Waals surface area contributed by atoms with E-state index in [1.54, 1.807) is 12.1 Å². The van der Waals surface area contributed by atoms with Crippen molar-refractivity contribution in [3.05, 3.63) is 108 Å². The Bertz CT molecular complexity index is 1880. The second kappa shape index (κ2) is 11.9. The Morgan fingerprint density at radius 2 is 0.886 bits per heavy atom. The lowest BCUT2D eigenvalue weighted by Crippen LogP contribution is -1.95. The molecule has 6 aromatic rings. The fourth-order valence-electron chi connectivity index (χ4n) is 5.70. The lowest BCUT2D eigenvalue weighted by Gasteiger charge is -2.18. The van der Waals surface area contributed by atoms with E-state index in [9.17, 15) is 19.8 Å². The van der Waals surface area contributed by atoms with Crippen LogP contribution in [0.2, 0.25) is 0 Å². The number of aldehydes is 2. The molecule has 6 nitrogen and oxygen atoms in total. The van der Waals surface area contributed by atoms with E-state index in [0.717, 1.165) is 33.8 Å². The van der Waals surface area contributed by atoms with Gasteiger partial charge in [-0.1, -0.05) is 48.5 Å². The van der Waals surface area contributed by atoms with Crippen LogP contribution < -0.4 is 9.47 Å². The van der Waals surface area contributed by atoms with Gasteiger partial charge in [0.1, 0.15) is 23.0 Å². The van der Waals surface area contributed by atoms with E-state index in [1.807, 2.05) is 98.8 Å². The zero-order chi connectivity index (χ0) is 30.8. The predicted octanol–water partition coefficient (Wildman–Crippen LogP) is 8.83. The van der Waals surface area contributed by atoms with E-state index in [-0.39, 0.29) is 33.8 Å². The highest BCUT2D eigenvalue weighted by Crippen LogP contribution is 2.48. The molecule has 6 heteroatoms. The predicted molar refractivity (Wildman–Crippen MR) is 174 cm³/mol. The van der Waals surface area contributed by atoms with Gasteiger partial charge in [0.25, 0.3) is 0 Å². The van der Waals surface area contributed by atoms with Gasteiger partial charge in [-0.05, 0) is 106 Å². The van der Waals surface area contributed by atoms with Crippen LogP contribution in [0.1, 0.15) is 34.6 Å². The fraction of sp³-hybridized carbons (Fsp3) is 0.105. The highest BCUT2D eigenvalue weighted by molar-refractivity contribution is 6.14. The highest BCUT2D eigenvalue weighted by Gasteiger charge is 2.22. The summed E-state index contributed by atoms with van der Waals surface area (Å²) in [7, 11) is 0. The first-order valence-electron chi connectivity index (χ1n) is 14.4. The molecule has 0 unspecified atom stereocenters. The van der Waals surface area contributed by atoms with Crippen LogP contribution in [0.5, 0.6) is 23.0 Å². The quantitative estimate of drug-likeness (QED) is 0.166. The van der Waals surface area contributed by atoms with Gasteiger partial charge in [-0.25, -0.2) is 0 Å². The Kier molecular flexibility index (Phi) is 7.73. The van der Waals surface area contributed by atoms with Crippen molar-refractivity contribution in [1.82, 2.24) is 0 Å². The second-order valence-corrected chi connectivity index (χ2v) is 10.4. The van der Waals surface area contributed by atoms with E-state index in [0.29, 0.717) is 47.3 Å². The van der Waals surface area contributed by atoms with Crippen LogP contribution in [0, 0.1) is 0 Å². The molecule has 6 aromatic carbocycles. The maximum Gasteiger partial charge on any atom is 0.153 e. The second-order valence-electron chi connectivity index (χ2n) is 10.4. The summed E-state index contributed by atoms with van der Waals surface area (Å²) in [4.78, 5) is 24.3. The van der Waals surface area contributed by atoms with Crippen molar-refractivity contribution in [3.63, 3.8) is 0 Å². The summed E-state index contributed by atoms with van der Waals surface area (Å²) >= 11 is 0. The van der Waals surface area contributed by atoms with E-state index in [2.05, 4.69) is 0 Å². The Balaban J connectivity index is 1.55. The number of phenols is 2. The first-order chi connectivity index (χ1) is 21.4. The molecule has 0 aliphatic rings. The summed E-state index contributed by atoms with van der Waals surface area (Å²) in [5, 5.41) is 25.4. The van der Waals surface area contributed by atoms with E-state index in [1.165, 1.54) is 0 Å². The third kappa shape index (κ3) is 5.11. The van der Waals surface area contributed by atoms with Gasteiger partial charge in [0.15, 0.2) is 12.6 Å². The molecule has 0 atom stereocenters. The number of carbonyl (C=O) groups is 2. The number of aromatic hydroxyl groups is 2. The molecule has 0 saturated heterocycles. The molecule has 0 aliphatic heterocycles. The summed E-state index contributed by atoms with van der Waals surface area (Å²) in [5.74, 6) is 1.01. The molecule has 218 valence electrons. The lowest BCUT2D eigenvalue weighted by atomic mass is 9.87. The number of phenolic OH excluding ortho intramolecular Hbond substituents is 2. The standard InChI is InChI=1S/C38H30O6/c1-3-43-31-11-5-23(6-12-31)25-9-15-33-27(17-25)19-29(21-39)37(41)35(33)36-34-16-10-26(18-28(34)20-30(22-40)38(36)42)24-7-13-32(14-8-24)44-4-2/h5-22,41-42H,3-4H2,1-2H3. The van der Waals surface area contributed by atoms with Gasteiger partial charge in [0, 0.05) is 11.1 Å². The normalized spacial score (nSPS) is 11.0. The maximum absolute atomic E-state index is 12.1. The summed E-state index contributed by atoms with van der Waals surface area (Å²) in [6.45, 7) is 5.01. The Morgan fingerprint density at radius 1 is 0.523 bits per heavy atom. The summed E-state index contributed by atoms with van der Waals surface area (Å²) in [6.07, 6.45) is 1.18. The molecular weight excluding hydrogens is 552 g/mol. The van der Waals surface area contributed by atoms with Crippen LogP contribution in [-0.2, 0) is 0 Å². The number of fused-ring (bicyclic) bond motifs is 2. The van der Waals surface area contributed by atoms with Gasteiger partial charge >= 0.3 is 0 Å². The molecule has 0 bridgehead atoms. The Labute approximate surface area is 254 Å². The first-order valence-corrected chi connectivity index (χ1v) is 14.4. The number of ether oxygens (including phenoxy) is 2. The number of benzene rings is 6. The third-order valence-corrected chi connectivity index (χ3v) is 7.79. The number of rotatable bonds is 9. The van der Waals surface area contributed by atoms with Crippen molar-refractivity contribution in [2.45, 2.75) is 13.8 Å². The molecule has 0 heterocycles. The van der Waals surface area contributed by atoms with Crippen LogP contribution in [-0.4, -0.2) is 36.0 Å². The molecule has 2 N–H and O–H groups in total. The largest absolute Gasteiger partial charge is 0.507 e. The molecule has 6 rings (SSSR count). The summed E-state index contributed by atoms with van der Waals surface area (Å²) in [6, 6.07) is 30.2. The van der Waals surface area contributed by atoms with Gasteiger partial charge in [-0.3, -0.25) is 9.59 Å². The van der Waals surface area contributed by atoms with Crippen LogP contribution in [0.4, 0.5) is 0 Å². The topological polar surface area (TPSA) is 93.1 Å². The monoisotopic (exact) mass is 582 g/mol. The average Bonchev–Trinajstić information content (AvgIpc) is 3.05. The number of hydrogen-bond acceptors (Lipinski definition) is 6. The van der Waals surface area contributed by atoms with Gasteiger partial charge in [-0.2, -0.15) is 0 Å². The van der Waals surface area contributed by atoms with Crippen molar-refractivity contribution in [2.24, 2.45) is 0 Å². The Morgan fingerprint density at radius 3 is 1.23 bits per heavy atom. The molecule has 0 saturated carbocycles.